The van der Waals surface area contributed by atoms with Gasteiger partial charge in [-0.3, -0.25) is 4.79 Å². The maximum Gasteiger partial charge on any atom is 0.258 e. The van der Waals surface area contributed by atoms with E-state index in [-0.39, 0.29) is 19.1 Å². The molecule has 6 heteroatoms. The molecule has 0 radical (unpaired) electrons. The van der Waals surface area contributed by atoms with Gasteiger partial charge in [0.15, 0.2) is 6.61 Å². The van der Waals surface area contributed by atoms with Crippen LogP contribution in [0.2, 0.25) is 0 Å². The predicted octanol–water partition coefficient (Wildman–Crippen LogP) is 1.26. The Morgan fingerprint density at radius 2 is 2.20 bits per heavy atom. The van der Waals surface area contributed by atoms with Crippen LogP contribution in [-0.2, 0) is 4.79 Å². The average Bonchev–Trinajstić information content (AvgIpc) is 2.32. The van der Waals surface area contributed by atoms with Gasteiger partial charge in [0.05, 0.1) is 5.60 Å². The lowest BCUT2D eigenvalue weighted by molar-refractivity contribution is -0.124. The van der Waals surface area contributed by atoms with Crippen molar-refractivity contribution in [3.05, 3.63) is 28.7 Å². The lowest BCUT2D eigenvalue weighted by atomic mass is 10.1. The van der Waals surface area contributed by atoms with Gasteiger partial charge in [-0.05, 0) is 39.2 Å². The molecule has 0 aliphatic carbocycles. The molecule has 1 amide bonds. The number of rotatable bonds is 7. The normalized spacial score (nSPS) is 13.9. The van der Waals surface area contributed by atoms with Crippen molar-refractivity contribution in [1.82, 2.24) is 10.2 Å². The number of nitrogens with zero attached hydrogens (tertiary/aromatic N) is 1. The molecule has 0 aliphatic heterocycles. The Kier molecular flexibility index (Phi) is 6.45. The molecule has 1 unspecified atom stereocenters. The molecule has 112 valence electrons. The molecule has 1 rings (SSSR count). The highest BCUT2D eigenvalue weighted by Gasteiger charge is 2.22. The maximum absolute atomic E-state index is 11.7. The molecule has 0 heterocycles. The molecule has 2 N–H and O–H groups in total. The second-order valence-electron chi connectivity index (χ2n) is 5.26. The fourth-order valence-corrected chi connectivity index (χ4v) is 2.16. The molecule has 0 saturated carbocycles. The van der Waals surface area contributed by atoms with Crippen molar-refractivity contribution in [3.8, 4) is 5.75 Å². The molecule has 0 saturated heterocycles. The first kappa shape index (κ1) is 16.9. The number of likely N-dealkylation sites (N-methyl/N-ethyl adjacent to an activating group) is 1. The molecule has 1 atom stereocenters. The molecule has 0 bridgehead atoms. The van der Waals surface area contributed by atoms with Crippen molar-refractivity contribution >= 4 is 21.8 Å². The van der Waals surface area contributed by atoms with Crippen molar-refractivity contribution in [3.63, 3.8) is 0 Å². The van der Waals surface area contributed by atoms with E-state index in [1.807, 2.05) is 31.1 Å². The first-order valence-electron chi connectivity index (χ1n) is 6.31. The highest BCUT2D eigenvalue weighted by molar-refractivity contribution is 9.10. The Morgan fingerprint density at radius 3 is 2.80 bits per heavy atom. The Bertz CT molecular complexity index is 450. The van der Waals surface area contributed by atoms with Gasteiger partial charge < -0.3 is 20.1 Å². The lowest BCUT2D eigenvalue weighted by Gasteiger charge is -2.27. The zero-order chi connectivity index (χ0) is 15.2. The summed E-state index contributed by atoms with van der Waals surface area (Å²) in [4.78, 5) is 13.5. The summed E-state index contributed by atoms with van der Waals surface area (Å²) in [6.45, 7) is 2.27. The van der Waals surface area contributed by atoms with E-state index < -0.39 is 5.60 Å². The van der Waals surface area contributed by atoms with Gasteiger partial charge in [-0.2, -0.15) is 0 Å². The van der Waals surface area contributed by atoms with Crippen molar-refractivity contribution < 1.29 is 14.6 Å². The number of carbonyl (C=O) groups is 1. The number of benzene rings is 1. The standard InChI is InChI=1S/C14H21BrN2O3/c1-14(19,10-17(2)3)9-16-13(18)8-20-12-6-4-5-11(15)7-12/h4-7,19H,8-10H2,1-3H3,(H,16,18). The van der Waals surface area contributed by atoms with Gasteiger partial charge in [0.1, 0.15) is 5.75 Å². The van der Waals surface area contributed by atoms with Crippen LogP contribution < -0.4 is 10.1 Å². The number of ether oxygens (including phenoxy) is 1. The van der Waals surface area contributed by atoms with E-state index in [1.165, 1.54) is 0 Å². The summed E-state index contributed by atoms with van der Waals surface area (Å²) >= 11 is 3.33. The summed E-state index contributed by atoms with van der Waals surface area (Å²) in [5.74, 6) is 0.360. The minimum Gasteiger partial charge on any atom is -0.484 e. The number of hydrogen-bond acceptors (Lipinski definition) is 4. The summed E-state index contributed by atoms with van der Waals surface area (Å²) in [6, 6.07) is 7.28. The molecule has 1 aromatic rings. The minimum atomic E-state index is -0.963. The summed E-state index contributed by atoms with van der Waals surface area (Å²) in [5, 5.41) is 12.7. The van der Waals surface area contributed by atoms with Gasteiger partial charge in [-0.1, -0.05) is 22.0 Å². The molecule has 0 spiro atoms. The molecule has 0 aliphatic rings. The molecular formula is C14H21BrN2O3. The number of nitrogens with one attached hydrogen (secondary N) is 1. The van der Waals surface area contributed by atoms with Crippen LogP contribution in [0.15, 0.2) is 28.7 Å². The van der Waals surface area contributed by atoms with E-state index >= 15 is 0 Å². The van der Waals surface area contributed by atoms with Crippen molar-refractivity contribution in [1.29, 1.82) is 0 Å². The molecular weight excluding hydrogens is 324 g/mol. The largest absolute Gasteiger partial charge is 0.484 e. The highest BCUT2D eigenvalue weighted by atomic mass is 79.9. The first-order valence-corrected chi connectivity index (χ1v) is 7.10. The summed E-state index contributed by atoms with van der Waals surface area (Å²) in [7, 11) is 3.74. The van der Waals surface area contributed by atoms with Gasteiger partial charge >= 0.3 is 0 Å². The third-order valence-electron chi connectivity index (χ3n) is 2.49. The van der Waals surface area contributed by atoms with Gasteiger partial charge in [0.25, 0.3) is 5.91 Å². The molecule has 0 aromatic heterocycles. The smallest absolute Gasteiger partial charge is 0.258 e. The van der Waals surface area contributed by atoms with Crippen molar-refractivity contribution in [2.75, 3.05) is 33.8 Å². The second-order valence-corrected chi connectivity index (χ2v) is 6.17. The molecule has 1 aromatic carbocycles. The zero-order valence-corrected chi connectivity index (χ0v) is 13.6. The first-order chi connectivity index (χ1) is 9.28. The van der Waals surface area contributed by atoms with Gasteiger partial charge in [0.2, 0.25) is 0 Å². The topological polar surface area (TPSA) is 61.8 Å². The van der Waals surface area contributed by atoms with E-state index in [2.05, 4.69) is 21.2 Å². The zero-order valence-electron chi connectivity index (χ0n) is 12.0. The molecule has 20 heavy (non-hydrogen) atoms. The van der Waals surface area contributed by atoms with E-state index in [1.54, 1.807) is 19.1 Å². The van der Waals surface area contributed by atoms with E-state index in [9.17, 15) is 9.90 Å². The fourth-order valence-electron chi connectivity index (χ4n) is 1.78. The van der Waals surface area contributed by atoms with Crippen LogP contribution in [0.5, 0.6) is 5.75 Å². The summed E-state index contributed by atoms with van der Waals surface area (Å²) < 4.78 is 6.25. The van der Waals surface area contributed by atoms with Crippen LogP contribution in [0.1, 0.15) is 6.92 Å². The molecule has 5 nitrogen and oxygen atoms in total. The Labute approximate surface area is 128 Å². The Hall–Kier alpha value is -1.11. The number of aliphatic hydroxyl groups is 1. The van der Waals surface area contributed by atoms with Crippen LogP contribution >= 0.6 is 15.9 Å². The monoisotopic (exact) mass is 344 g/mol. The van der Waals surface area contributed by atoms with E-state index in [4.69, 9.17) is 4.74 Å². The third-order valence-corrected chi connectivity index (χ3v) is 2.98. The average molecular weight is 345 g/mol. The van der Waals surface area contributed by atoms with Crippen LogP contribution in [0, 0.1) is 0 Å². The van der Waals surface area contributed by atoms with Crippen LogP contribution in [-0.4, -0.2) is 55.3 Å². The van der Waals surface area contributed by atoms with Gasteiger partial charge in [-0.25, -0.2) is 0 Å². The van der Waals surface area contributed by atoms with Crippen molar-refractivity contribution in [2.45, 2.75) is 12.5 Å². The van der Waals surface area contributed by atoms with Crippen LogP contribution in [0.4, 0.5) is 0 Å². The van der Waals surface area contributed by atoms with Crippen molar-refractivity contribution in [2.24, 2.45) is 0 Å². The minimum absolute atomic E-state index is 0.0749. The number of carbonyl (C=O) groups excluding carboxylic acids is 1. The second kappa shape index (κ2) is 7.61. The quantitative estimate of drug-likeness (QED) is 0.781. The van der Waals surface area contributed by atoms with Crippen LogP contribution in [0.3, 0.4) is 0 Å². The fraction of sp³-hybridized carbons (Fsp3) is 0.500. The Morgan fingerprint density at radius 1 is 1.50 bits per heavy atom. The number of amides is 1. The number of halogens is 1. The molecule has 0 fully saturated rings. The maximum atomic E-state index is 11.7. The summed E-state index contributed by atoms with van der Waals surface area (Å²) in [5.41, 5.74) is -0.963. The van der Waals surface area contributed by atoms with Gasteiger partial charge in [0, 0.05) is 17.6 Å². The van der Waals surface area contributed by atoms with E-state index in [0.717, 1.165) is 4.47 Å². The highest BCUT2D eigenvalue weighted by Crippen LogP contribution is 2.17. The predicted molar refractivity (Wildman–Crippen MR) is 81.8 cm³/mol. The Balaban J connectivity index is 2.34. The van der Waals surface area contributed by atoms with Gasteiger partial charge in [-0.15, -0.1) is 0 Å². The van der Waals surface area contributed by atoms with Crippen LogP contribution in [0.25, 0.3) is 0 Å². The summed E-state index contributed by atoms with van der Waals surface area (Å²) in [6.07, 6.45) is 0. The SMILES string of the molecule is CN(C)CC(C)(O)CNC(=O)COc1cccc(Br)c1. The number of hydrogen-bond donors (Lipinski definition) is 2. The lowest BCUT2D eigenvalue weighted by Crippen LogP contribution is -2.47. The third kappa shape index (κ3) is 6.88. The van der Waals surface area contributed by atoms with E-state index in [0.29, 0.717) is 12.3 Å².